The van der Waals surface area contributed by atoms with E-state index < -0.39 is 18.0 Å². The molecule has 1 fully saturated rings. The molecule has 0 unspecified atom stereocenters. The van der Waals surface area contributed by atoms with Crippen molar-refractivity contribution in [3.8, 4) is 0 Å². The van der Waals surface area contributed by atoms with E-state index >= 15 is 0 Å². The second-order valence-electron chi connectivity index (χ2n) is 6.17. The Kier molecular flexibility index (Phi) is 7.25. The van der Waals surface area contributed by atoms with E-state index in [1.807, 2.05) is 0 Å². The van der Waals surface area contributed by atoms with Gasteiger partial charge in [0.15, 0.2) is 6.10 Å². The van der Waals surface area contributed by atoms with Crippen LogP contribution >= 0.6 is 11.6 Å². The van der Waals surface area contributed by atoms with Crippen LogP contribution in [0.5, 0.6) is 0 Å². The molecule has 1 saturated carbocycles. The second kappa shape index (κ2) is 9.42. The number of carbonyl (C=O) groups excluding carboxylic acids is 3. The van der Waals surface area contributed by atoms with Crippen molar-refractivity contribution >= 4 is 29.4 Å². The summed E-state index contributed by atoms with van der Waals surface area (Å²) in [6.45, 7) is 1.22. The summed E-state index contributed by atoms with van der Waals surface area (Å²) in [6, 6.07) is 6.46. The van der Waals surface area contributed by atoms with Crippen molar-refractivity contribution < 1.29 is 19.1 Å². The van der Waals surface area contributed by atoms with Gasteiger partial charge in [-0.1, -0.05) is 30.9 Å². The van der Waals surface area contributed by atoms with Crippen LogP contribution in [0.3, 0.4) is 0 Å². The summed E-state index contributed by atoms with van der Waals surface area (Å²) in [4.78, 5) is 35.8. The number of nitrogens with one attached hydrogen (secondary N) is 2. The summed E-state index contributed by atoms with van der Waals surface area (Å²) in [5.74, 6) is -1.37. The van der Waals surface area contributed by atoms with E-state index in [-0.39, 0.29) is 18.5 Å². The van der Waals surface area contributed by atoms with Crippen molar-refractivity contribution in [3.05, 3.63) is 34.9 Å². The summed E-state index contributed by atoms with van der Waals surface area (Å²) in [5.41, 5.74) is 0.389. The first-order valence-corrected chi connectivity index (χ1v) is 8.87. The summed E-state index contributed by atoms with van der Waals surface area (Å²) in [6.07, 6.45) is 4.45. The number of benzene rings is 1. The van der Waals surface area contributed by atoms with Gasteiger partial charge in [0.1, 0.15) is 6.54 Å². The summed E-state index contributed by atoms with van der Waals surface area (Å²) in [7, 11) is 0. The van der Waals surface area contributed by atoms with Crippen molar-refractivity contribution in [1.29, 1.82) is 0 Å². The normalized spacial score (nSPS) is 15.9. The van der Waals surface area contributed by atoms with Crippen molar-refractivity contribution in [3.63, 3.8) is 0 Å². The maximum Gasteiger partial charge on any atom is 0.326 e. The van der Waals surface area contributed by atoms with Crippen molar-refractivity contribution in [1.82, 2.24) is 10.6 Å². The van der Waals surface area contributed by atoms with E-state index in [1.54, 1.807) is 24.3 Å². The lowest BCUT2D eigenvalue weighted by atomic mass is 9.95. The first kappa shape index (κ1) is 19.2. The van der Waals surface area contributed by atoms with Gasteiger partial charge >= 0.3 is 5.97 Å². The van der Waals surface area contributed by atoms with Gasteiger partial charge < -0.3 is 15.4 Å². The van der Waals surface area contributed by atoms with Crippen LogP contribution in [0.1, 0.15) is 49.4 Å². The predicted octanol–water partition coefficient (Wildman–Crippen LogP) is 2.45. The third kappa shape index (κ3) is 6.38. The number of halogens is 1. The maximum atomic E-state index is 12.1. The first-order chi connectivity index (χ1) is 12.0. The molecule has 2 amide bonds. The molecule has 0 aliphatic heterocycles. The second-order valence-corrected chi connectivity index (χ2v) is 6.60. The Balaban J connectivity index is 1.72. The van der Waals surface area contributed by atoms with Crippen LogP contribution in [0.25, 0.3) is 0 Å². The zero-order chi connectivity index (χ0) is 18.2. The standard InChI is InChI=1S/C18H23ClN2O4/c1-12(17(23)21-15-5-3-2-4-6-15)25-16(22)11-20-18(24)13-7-9-14(19)10-8-13/h7-10,12,15H,2-6,11H2,1H3,(H,20,24)(H,21,23)/t12-/m1/s1. The number of carbonyl (C=O) groups is 3. The Morgan fingerprint density at radius 1 is 1.16 bits per heavy atom. The third-order valence-corrected chi connectivity index (χ3v) is 4.38. The topological polar surface area (TPSA) is 84.5 Å². The molecule has 0 radical (unpaired) electrons. The van der Waals surface area contributed by atoms with Crippen LogP contribution in [0.4, 0.5) is 0 Å². The van der Waals surface area contributed by atoms with E-state index in [0.29, 0.717) is 10.6 Å². The van der Waals surface area contributed by atoms with E-state index in [4.69, 9.17) is 16.3 Å². The molecule has 1 atom stereocenters. The molecule has 6 nitrogen and oxygen atoms in total. The number of hydrogen-bond acceptors (Lipinski definition) is 4. The number of esters is 1. The lowest BCUT2D eigenvalue weighted by Gasteiger charge is -2.24. The van der Waals surface area contributed by atoms with E-state index in [9.17, 15) is 14.4 Å². The highest BCUT2D eigenvalue weighted by Crippen LogP contribution is 2.17. The average Bonchev–Trinajstić information content (AvgIpc) is 2.61. The highest BCUT2D eigenvalue weighted by atomic mass is 35.5. The number of ether oxygens (including phenoxy) is 1. The molecule has 0 bridgehead atoms. The van der Waals surface area contributed by atoms with Crippen LogP contribution < -0.4 is 10.6 Å². The van der Waals surface area contributed by atoms with Gasteiger partial charge in [0, 0.05) is 16.6 Å². The summed E-state index contributed by atoms with van der Waals surface area (Å²) >= 11 is 5.76. The monoisotopic (exact) mass is 366 g/mol. The molecular weight excluding hydrogens is 344 g/mol. The smallest absolute Gasteiger partial charge is 0.326 e. The van der Waals surface area contributed by atoms with Crippen molar-refractivity contribution in [2.24, 2.45) is 0 Å². The molecule has 1 aromatic rings. The van der Waals surface area contributed by atoms with Gasteiger partial charge in [0.05, 0.1) is 0 Å². The van der Waals surface area contributed by atoms with Gasteiger partial charge in [-0.2, -0.15) is 0 Å². The third-order valence-electron chi connectivity index (χ3n) is 4.13. The van der Waals surface area contributed by atoms with E-state index in [2.05, 4.69) is 10.6 Å². The van der Waals surface area contributed by atoms with Crippen LogP contribution in [-0.2, 0) is 14.3 Å². The molecule has 136 valence electrons. The molecule has 0 aromatic heterocycles. The Hall–Kier alpha value is -2.08. The number of hydrogen-bond donors (Lipinski definition) is 2. The van der Waals surface area contributed by atoms with E-state index in [0.717, 1.165) is 25.7 Å². The molecule has 0 spiro atoms. The number of amides is 2. The van der Waals surface area contributed by atoms with Gasteiger partial charge in [0.25, 0.3) is 11.8 Å². The van der Waals surface area contributed by atoms with Crippen LogP contribution in [0.15, 0.2) is 24.3 Å². The maximum absolute atomic E-state index is 12.1. The zero-order valence-electron chi connectivity index (χ0n) is 14.2. The van der Waals surface area contributed by atoms with Gasteiger partial charge in [-0.25, -0.2) is 0 Å². The molecule has 2 rings (SSSR count). The molecule has 1 aliphatic carbocycles. The molecular formula is C18H23ClN2O4. The molecule has 0 saturated heterocycles. The quantitative estimate of drug-likeness (QED) is 0.757. The van der Waals surface area contributed by atoms with Gasteiger partial charge in [-0.3, -0.25) is 14.4 Å². The van der Waals surface area contributed by atoms with Gasteiger partial charge in [0.2, 0.25) is 0 Å². The summed E-state index contributed by atoms with van der Waals surface area (Å²) in [5, 5.41) is 5.88. The Morgan fingerprint density at radius 3 is 2.44 bits per heavy atom. The highest BCUT2D eigenvalue weighted by Gasteiger charge is 2.22. The minimum Gasteiger partial charge on any atom is -0.451 e. The molecule has 25 heavy (non-hydrogen) atoms. The largest absolute Gasteiger partial charge is 0.451 e. The lowest BCUT2D eigenvalue weighted by Crippen LogP contribution is -2.43. The fourth-order valence-corrected chi connectivity index (χ4v) is 2.84. The minimum absolute atomic E-state index is 0.159. The van der Waals surface area contributed by atoms with E-state index in [1.165, 1.54) is 13.3 Å². The van der Waals surface area contributed by atoms with Crippen molar-refractivity contribution in [2.45, 2.75) is 51.2 Å². The SMILES string of the molecule is C[C@@H](OC(=O)CNC(=O)c1ccc(Cl)cc1)C(=O)NC1CCCCC1. The zero-order valence-corrected chi connectivity index (χ0v) is 15.0. The van der Waals surface area contributed by atoms with Crippen molar-refractivity contribution in [2.75, 3.05) is 6.54 Å². The minimum atomic E-state index is -0.887. The number of rotatable bonds is 6. The Morgan fingerprint density at radius 2 is 1.80 bits per heavy atom. The Bertz CT molecular complexity index is 612. The lowest BCUT2D eigenvalue weighted by molar-refractivity contribution is -0.154. The van der Waals surface area contributed by atoms with Crippen LogP contribution in [0.2, 0.25) is 5.02 Å². The van der Waals surface area contributed by atoms with Crippen LogP contribution in [-0.4, -0.2) is 36.5 Å². The fourth-order valence-electron chi connectivity index (χ4n) is 2.71. The summed E-state index contributed by atoms with van der Waals surface area (Å²) < 4.78 is 5.07. The van der Waals surface area contributed by atoms with Gasteiger partial charge in [-0.15, -0.1) is 0 Å². The molecule has 1 aromatic carbocycles. The Labute approximate surface area is 152 Å². The molecule has 0 heterocycles. The van der Waals surface area contributed by atoms with Gasteiger partial charge in [-0.05, 0) is 44.0 Å². The molecule has 2 N–H and O–H groups in total. The first-order valence-electron chi connectivity index (χ1n) is 8.49. The molecule has 7 heteroatoms. The predicted molar refractivity (Wildman–Crippen MR) is 94.4 cm³/mol. The average molecular weight is 367 g/mol. The molecule has 1 aliphatic rings. The van der Waals surface area contributed by atoms with Crippen LogP contribution in [0, 0.1) is 0 Å². The fraction of sp³-hybridized carbons (Fsp3) is 0.500. The highest BCUT2D eigenvalue weighted by molar-refractivity contribution is 6.30.